The smallest absolute Gasteiger partial charge is 0.408 e. The number of phenols is 1. The Morgan fingerprint density at radius 3 is 2.42 bits per heavy atom. The molecule has 0 radical (unpaired) electrons. The molecule has 0 bridgehead atoms. The van der Waals surface area contributed by atoms with E-state index in [1.54, 1.807) is 39.0 Å². The maximum atomic E-state index is 13.6. The van der Waals surface area contributed by atoms with E-state index in [4.69, 9.17) is 4.74 Å². The maximum Gasteiger partial charge on any atom is 0.408 e. The molecule has 0 spiro atoms. The Morgan fingerprint density at radius 1 is 1.03 bits per heavy atom. The van der Waals surface area contributed by atoms with Crippen molar-refractivity contribution in [3.63, 3.8) is 0 Å². The van der Waals surface area contributed by atoms with Crippen molar-refractivity contribution in [2.45, 2.75) is 32.4 Å². The number of carbonyl (C=O) groups is 3. The van der Waals surface area contributed by atoms with E-state index in [9.17, 15) is 19.5 Å². The van der Waals surface area contributed by atoms with Gasteiger partial charge < -0.3 is 25.4 Å². The fourth-order valence-electron chi connectivity index (χ4n) is 3.70. The van der Waals surface area contributed by atoms with Crippen LogP contribution in [-0.2, 0) is 14.3 Å². The highest BCUT2D eigenvalue weighted by Crippen LogP contribution is 2.27. The van der Waals surface area contributed by atoms with Gasteiger partial charge in [0.25, 0.3) is 5.91 Å². The van der Waals surface area contributed by atoms with Crippen LogP contribution in [0, 0.1) is 0 Å². The number of alkyl carbamates (subject to hydrolysis) is 1. The molecule has 0 aliphatic rings. The number of rotatable bonds is 8. The molecular formula is C28H31N3O5. The Bertz CT molecular complexity index is 1270. The van der Waals surface area contributed by atoms with Crippen LogP contribution < -0.4 is 10.6 Å². The van der Waals surface area contributed by atoms with Gasteiger partial charge in [0.05, 0.1) is 0 Å². The zero-order chi connectivity index (χ0) is 26.3. The first kappa shape index (κ1) is 26.3. The number of nitrogens with zero attached hydrogens (tertiary/aromatic N) is 1. The fraction of sp³-hybridized carbons (Fsp3) is 0.250. The highest BCUT2D eigenvalue weighted by Gasteiger charge is 2.31. The van der Waals surface area contributed by atoms with Gasteiger partial charge in [-0.1, -0.05) is 48.5 Å². The number of ether oxygens (including phenoxy) is 1. The van der Waals surface area contributed by atoms with E-state index in [-0.39, 0.29) is 18.8 Å². The first-order valence-corrected chi connectivity index (χ1v) is 11.5. The third-order valence-corrected chi connectivity index (χ3v) is 5.19. The van der Waals surface area contributed by atoms with Gasteiger partial charge in [-0.15, -0.1) is 6.58 Å². The summed E-state index contributed by atoms with van der Waals surface area (Å²) in [7, 11) is 0. The Morgan fingerprint density at radius 2 is 1.75 bits per heavy atom. The summed E-state index contributed by atoms with van der Waals surface area (Å²) in [4.78, 5) is 40.1. The van der Waals surface area contributed by atoms with Gasteiger partial charge in [0, 0.05) is 12.2 Å². The highest BCUT2D eigenvalue weighted by molar-refractivity contribution is 6.00. The summed E-state index contributed by atoms with van der Waals surface area (Å²) in [6.45, 7) is 8.50. The zero-order valence-corrected chi connectivity index (χ0v) is 20.7. The number of amides is 3. The third-order valence-electron chi connectivity index (χ3n) is 5.19. The topological polar surface area (TPSA) is 108 Å². The minimum atomic E-state index is -1.10. The quantitative estimate of drug-likeness (QED) is 0.395. The van der Waals surface area contributed by atoms with Crippen LogP contribution in [0.4, 0.5) is 10.5 Å². The Labute approximate surface area is 210 Å². The molecular weight excluding hydrogens is 458 g/mol. The second-order valence-corrected chi connectivity index (χ2v) is 9.24. The molecule has 188 valence electrons. The molecule has 0 saturated carbocycles. The lowest BCUT2D eigenvalue weighted by Gasteiger charge is -2.31. The average Bonchev–Trinajstić information content (AvgIpc) is 2.81. The van der Waals surface area contributed by atoms with Crippen LogP contribution in [-0.4, -0.2) is 46.6 Å². The van der Waals surface area contributed by atoms with Crippen molar-refractivity contribution in [3.8, 4) is 5.75 Å². The molecule has 3 rings (SSSR count). The van der Waals surface area contributed by atoms with Gasteiger partial charge in [-0.25, -0.2) is 4.79 Å². The minimum absolute atomic E-state index is 0.0281. The summed E-state index contributed by atoms with van der Waals surface area (Å²) in [5.41, 5.74) is 0.236. The number of carbonyl (C=O) groups excluding carboxylic acids is 3. The summed E-state index contributed by atoms with van der Waals surface area (Å²) in [5, 5.41) is 17.3. The van der Waals surface area contributed by atoms with Crippen molar-refractivity contribution < 1.29 is 24.2 Å². The van der Waals surface area contributed by atoms with Crippen LogP contribution in [0.2, 0.25) is 0 Å². The third kappa shape index (κ3) is 7.09. The Kier molecular flexibility index (Phi) is 8.32. The molecule has 3 aromatic carbocycles. The molecule has 3 N–H and O–H groups in total. The molecule has 0 heterocycles. The molecule has 1 atom stereocenters. The number of phenolic OH excluding ortho intramolecular Hbond substituents is 1. The lowest BCUT2D eigenvalue weighted by molar-refractivity contribution is -0.137. The van der Waals surface area contributed by atoms with Gasteiger partial charge in [-0.3, -0.25) is 9.59 Å². The summed E-state index contributed by atoms with van der Waals surface area (Å²) >= 11 is 0. The number of benzene rings is 3. The predicted molar refractivity (Wildman–Crippen MR) is 140 cm³/mol. The number of anilines is 1. The van der Waals surface area contributed by atoms with E-state index in [2.05, 4.69) is 17.2 Å². The van der Waals surface area contributed by atoms with E-state index in [0.717, 1.165) is 10.8 Å². The van der Waals surface area contributed by atoms with Crippen LogP contribution in [0.3, 0.4) is 0 Å². The normalized spacial score (nSPS) is 11.9. The molecule has 0 aromatic heterocycles. The lowest BCUT2D eigenvalue weighted by Crippen LogP contribution is -2.46. The van der Waals surface area contributed by atoms with Crippen LogP contribution in [0.15, 0.2) is 79.4 Å². The fourth-order valence-corrected chi connectivity index (χ4v) is 3.70. The maximum absolute atomic E-state index is 13.6. The van der Waals surface area contributed by atoms with E-state index < -0.39 is 29.6 Å². The van der Waals surface area contributed by atoms with Crippen LogP contribution in [0.5, 0.6) is 5.75 Å². The van der Waals surface area contributed by atoms with Gasteiger partial charge in [0.1, 0.15) is 23.9 Å². The molecule has 1 unspecified atom stereocenters. The second kappa shape index (κ2) is 11.4. The van der Waals surface area contributed by atoms with Crippen molar-refractivity contribution in [1.29, 1.82) is 0 Å². The monoisotopic (exact) mass is 489 g/mol. The molecule has 8 heteroatoms. The molecule has 0 saturated heterocycles. The van der Waals surface area contributed by atoms with E-state index in [1.165, 1.54) is 23.1 Å². The van der Waals surface area contributed by atoms with Crippen LogP contribution in [0.25, 0.3) is 10.8 Å². The number of aromatic hydroxyl groups is 1. The standard InChI is InChI=1S/C28H31N3O5/c1-5-15-31(24(33)18-29-27(35)36-28(2,3)4)25(21-11-8-12-23(32)17-21)26(34)30-22-14-13-19-9-6-7-10-20(19)16-22/h5-14,16-17,25,32H,1,15,18H2,2-4H3,(H,29,35)(H,30,34). The second-order valence-electron chi connectivity index (χ2n) is 9.24. The van der Waals surface area contributed by atoms with Crippen LogP contribution >= 0.6 is 0 Å². The van der Waals surface area contributed by atoms with Crippen LogP contribution in [0.1, 0.15) is 32.4 Å². The van der Waals surface area contributed by atoms with Gasteiger partial charge in [0.15, 0.2) is 0 Å². The van der Waals surface area contributed by atoms with Gasteiger partial charge in [-0.2, -0.15) is 0 Å². The van der Waals surface area contributed by atoms with Crippen molar-refractivity contribution in [2.24, 2.45) is 0 Å². The highest BCUT2D eigenvalue weighted by atomic mass is 16.6. The number of nitrogens with one attached hydrogen (secondary N) is 2. The summed E-state index contributed by atoms with van der Waals surface area (Å²) in [6.07, 6.45) is 0.744. The predicted octanol–water partition coefficient (Wildman–Crippen LogP) is 4.76. The SMILES string of the molecule is C=CCN(C(=O)CNC(=O)OC(C)(C)C)C(C(=O)Nc1ccc2ccccc2c1)c1cccc(O)c1. The largest absolute Gasteiger partial charge is 0.508 e. The Balaban J connectivity index is 1.89. The molecule has 8 nitrogen and oxygen atoms in total. The van der Waals surface area contributed by atoms with Crippen molar-refractivity contribution >= 4 is 34.4 Å². The van der Waals surface area contributed by atoms with E-state index in [0.29, 0.717) is 11.3 Å². The van der Waals surface area contributed by atoms with E-state index >= 15 is 0 Å². The number of hydrogen-bond acceptors (Lipinski definition) is 5. The lowest BCUT2D eigenvalue weighted by atomic mass is 10.0. The van der Waals surface area contributed by atoms with Gasteiger partial charge in [0.2, 0.25) is 5.91 Å². The van der Waals surface area contributed by atoms with Crippen molar-refractivity contribution in [2.75, 3.05) is 18.4 Å². The molecule has 0 fully saturated rings. The Hall–Kier alpha value is -4.33. The molecule has 36 heavy (non-hydrogen) atoms. The summed E-state index contributed by atoms with van der Waals surface area (Å²) < 4.78 is 5.20. The van der Waals surface area contributed by atoms with Gasteiger partial charge in [-0.05, 0) is 61.4 Å². The van der Waals surface area contributed by atoms with Gasteiger partial charge >= 0.3 is 6.09 Å². The molecule has 3 amide bonds. The van der Waals surface area contributed by atoms with E-state index in [1.807, 2.05) is 36.4 Å². The summed E-state index contributed by atoms with van der Waals surface area (Å²) in [6, 6.07) is 18.3. The zero-order valence-electron chi connectivity index (χ0n) is 20.7. The number of fused-ring (bicyclic) bond motifs is 1. The number of hydrogen-bond donors (Lipinski definition) is 3. The molecule has 0 aliphatic carbocycles. The minimum Gasteiger partial charge on any atom is -0.508 e. The van der Waals surface area contributed by atoms with Crippen molar-refractivity contribution in [1.82, 2.24) is 10.2 Å². The average molecular weight is 490 g/mol. The van der Waals surface area contributed by atoms with Crippen molar-refractivity contribution in [3.05, 3.63) is 84.9 Å². The molecule has 3 aromatic rings. The first-order valence-electron chi connectivity index (χ1n) is 11.5. The first-order chi connectivity index (χ1) is 17.1. The summed E-state index contributed by atoms with van der Waals surface area (Å²) in [5.74, 6) is -1.06. The molecule has 0 aliphatic heterocycles.